The molecule has 0 saturated heterocycles. The van der Waals surface area contributed by atoms with Crippen LogP contribution in [0.3, 0.4) is 0 Å². The summed E-state index contributed by atoms with van der Waals surface area (Å²) in [7, 11) is 0. The van der Waals surface area contributed by atoms with Crippen LogP contribution in [0.2, 0.25) is 5.02 Å². The molecular formula is C14H15ClF3N3. The molecule has 1 unspecified atom stereocenters. The maximum atomic E-state index is 13.5. The van der Waals surface area contributed by atoms with Gasteiger partial charge in [0.2, 0.25) is 0 Å². The molecule has 0 spiro atoms. The van der Waals surface area contributed by atoms with E-state index in [-0.39, 0.29) is 5.56 Å². The lowest BCUT2D eigenvalue weighted by molar-refractivity contribution is 0.441. The number of aryl methyl sites for hydroxylation is 1. The molecule has 1 aromatic carbocycles. The van der Waals surface area contributed by atoms with Crippen molar-refractivity contribution in [3.05, 3.63) is 52.1 Å². The molecule has 1 atom stereocenters. The third-order valence-electron chi connectivity index (χ3n) is 3.15. The molecule has 0 bridgehead atoms. The average molecular weight is 318 g/mol. The number of hydrogen-bond donors (Lipinski definition) is 1. The zero-order valence-corrected chi connectivity index (χ0v) is 12.4. The van der Waals surface area contributed by atoms with Crippen molar-refractivity contribution >= 4 is 11.6 Å². The van der Waals surface area contributed by atoms with E-state index in [9.17, 15) is 13.2 Å². The smallest absolute Gasteiger partial charge is 0.194 e. The fraction of sp³-hybridized carbons (Fsp3) is 0.357. The molecule has 2 rings (SSSR count). The predicted molar refractivity (Wildman–Crippen MR) is 74.7 cm³/mol. The first kappa shape index (κ1) is 15.9. The van der Waals surface area contributed by atoms with E-state index in [1.165, 1.54) is 6.20 Å². The van der Waals surface area contributed by atoms with Gasteiger partial charge in [0.1, 0.15) is 0 Å². The predicted octanol–water partition coefficient (Wildman–Crippen LogP) is 3.67. The highest BCUT2D eigenvalue weighted by Crippen LogP contribution is 2.30. The Hall–Kier alpha value is -1.53. The second kappa shape index (κ2) is 6.49. The highest BCUT2D eigenvalue weighted by atomic mass is 35.5. The molecule has 3 nitrogen and oxygen atoms in total. The third kappa shape index (κ3) is 3.06. The van der Waals surface area contributed by atoms with Gasteiger partial charge >= 0.3 is 0 Å². The zero-order chi connectivity index (χ0) is 15.6. The van der Waals surface area contributed by atoms with Crippen LogP contribution < -0.4 is 5.32 Å². The zero-order valence-electron chi connectivity index (χ0n) is 11.6. The number of hydrogen-bond acceptors (Lipinski definition) is 2. The SMILES string of the molecule is CCNC(c1cc(F)c(F)c(F)c1)c1c(Cl)cnn1CC. The molecule has 0 amide bonds. The second-order valence-corrected chi connectivity index (χ2v) is 4.89. The van der Waals surface area contributed by atoms with Crippen molar-refractivity contribution in [2.45, 2.75) is 26.4 Å². The van der Waals surface area contributed by atoms with Gasteiger partial charge in [-0.3, -0.25) is 4.68 Å². The summed E-state index contributed by atoms with van der Waals surface area (Å²) in [6, 6.07) is 1.36. The first-order chi connectivity index (χ1) is 9.99. The van der Waals surface area contributed by atoms with Gasteiger partial charge in [-0.15, -0.1) is 0 Å². The maximum Gasteiger partial charge on any atom is 0.194 e. The molecule has 1 N–H and O–H groups in total. The molecule has 21 heavy (non-hydrogen) atoms. The van der Waals surface area contributed by atoms with E-state index < -0.39 is 23.5 Å². The van der Waals surface area contributed by atoms with E-state index in [2.05, 4.69) is 10.4 Å². The summed E-state index contributed by atoms with van der Waals surface area (Å²) in [4.78, 5) is 0. The number of nitrogens with one attached hydrogen (secondary N) is 1. The summed E-state index contributed by atoms with van der Waals surface area (Å²) < 4.78 is 41.7. The Morgan fingerprint density at radius 1 is 1.24 bits per heavy atom. The van der Waals surface area contributed by atoms with E-state index in [0.717, 1.165) is 12.1 Å². The summed E-state index contributed by atoms with van der Waals surface area (Å²) in [6.45, 7) is 4.82. The average Bonchev–Trinajstić information content (AvgIpc) is 2.82. The van der Waals surface area contributed by atoms with Crippen LogP contribution >= 0.6 is 11.6 Å². The molecule has 0 saturated carbocycles. The molecule has 0 aliphatic heterocycles. The Kier molecular flexibility index (Phi) is 4.90. The standard InChI is InChI=1S/C14H15ClF3N3/c1-3-19-13(14-9(15)7-20-21(14)4-2)8-5-10(16)12(18)11(17)6-8/h5-7,13,19H,3-4H2,1-2H3. The molecule has 2 aromatic rings. The van der Waals surface area contributed by atoms with Gasteiger partial charge in [-0.25, -0.2) is 13.2 Å². The summed E-state index contributed by atoms with van der Waals surface area (Å²) in [5, 5.41) is 7.58. The largest absolute Gasteiger partial charge is 0.305 e. The van der Waals surface area contributed by atoms with Crippen molar-refractivity contribution in [2.24, 2.45) is 0 Å². The second-order valence-electron chi connectivity index (χ2n) is 4.48. The van der Waals surface area contributed by atoms with Crippen LogP contribution in [0.5, 0.6) is 0 Å². The minimum Gasteiger partial charge on any atom is -0.305 e. The highest BCUT2D eigenvalue weighted by molar-refractivity contribution is 6.31. The molecule has 1 aromatic heterocycles. The van der Waals surface area contributed by atoms with Gasteiger partial charge in [0.05, 0.1) is 23.0 Å². The first-order valence-electron chi connectivity index (χ1n) is 6.58. The summed E-state index contributed by atoms with van der Waals surface area (Å²) in [6.07, 6.45) is 1.47. The van der Waals surface area contributed by atoms with Gasteiger partial charge in [0.15, 0.2) is 17.5 Å². The lowest BCUT2D eigenvalue weighted by Crippen LogP contribution is -2.25. The summed E-state index contributed by atoms with van der Waals surface area (Å²) in [5.74, 6) is -3.94. The van der Waals surface area contributed by atoms with Crippen LogP contribution in [0, 0.1) is 17.5 Å². The normalized spacial score (nSPS) is 12.7. The quantitative estimate of drug-likeness (QED) is 0.853. The molecule has 1 heterocycles. The van der Waals surface area contributed by atoms with Gasteiger partial charge in [0.25, 0.3) is 0 Å². The number of nitrogens with zero attached hydrogens (tertiary/aromatic N) is 2. The van der Waals surface area contributed by atoms with Gasteiger partial charge in [-0.05, 0) is 31.2 Å². The van der Waals surface area contributed by atoms with Crippen molar-refractivity contribution in [1.82, 2.24) is 15.1 Å². The fourth-order valence-electron chi connectivity index (χ4n) is 2.23. The molecular weight excluding hydrogens is 303 g/mol. The molecule has 114 valence electrons. The lowest BCUT2D eigenvalue weighted by atomic mass is 10.0. The van der Waals surface area contributed by atoms with E-state index >= 15 is 0 Å². The Balaban J connectivity index is 2.56. The first-order valence-corrected chi connectivity index (χ1v) is 6.96. The molecule has 0 fully saturated rings. The minimum atomic E-state index is -1.48. The van der Waals surface area contributed by atoms with Crippen LogP contribution in [-0.4, -0.2) is 16.3 Å². The third-order valence-corrected chi connectivity index (χ3v) is 3.45. The van der Waals surface area contributed by atoms with Crippen LogP contribution in [0.1, 0.15) is 31.1 Å². The topological polar surface area (TPSA) is 29.9 Å². The summed E-state index contributed by atoms with van der Waals surface area (Å²) in [5.41, 5.74) is 0.844. The van der Waals surface area contributed by atoms with E-state index in [0.29, 0.717) is 23.8 Å². The minimum absolute atomic E-state index is 0.255. The molecule has 0 radical (unpaired) electrons. The Morgan fingerprint density at radius 3 is 2.38 bits per heavy atom. The van der Waals surface area contributed by atoms with Crippen LogP contribution in [0.15, 0.2) is 18.3 Å². The van der Waals surface area contributed by atoms with E-state index in [1.54, 1.807) is 4.68 Å². The lowest BCUT2D eigenvalue weighted by Gasteiger charge is -2.20. The van der Waals surface area contributed by atoms with Crippen LogP contribution in [0.25, 0.3) is 0 Å². The fourth-order valence-corrected chi connectivity index (χ4v) is 2.48. The van der Waals surface area contributed by atoms with Gasteiger partial charge in [0, 0.05) is 6.54 Å². The van der Waals surface area contributed by atoms with Crippen molar-refractivity contribution in [3.63, 3.8) is 0 Å². The Bertz CT molecular complexity index is 619. The van der Waals surface area contributed by atoms with E-state index in [1.807, 2.05) is 13.8 Å². The monoisotopic (exact) mass is 317 g/mol. The van der Waals surface area contributed by atoms with Crippen LogP contribution in [0.4, 0.5) is 13.2 Å². The number of halogens is 4. The number of aromatic nitrogens is 2. The highest BCUT2D eigenvalue weighted by Gasteiger charge is 2.23. The maximum absolute atomic E-state index is 13.5. The van der Waals surface area contributed by atoms with Gasteiger partial charge in [-0.1, -0.05) is 18.5 Å². The van der Waals surface area contributed by atoms with Gasteiger partial charge in [-0.2, -0.15) is 5.10 Å². The Morgan fingerprint density at radius 2 is 1.86 bits per heavy atom. The van der Waals surface area contributed by atoms with Crippen molar-refractivity contribution in [2.75, 3.05) is 6.54 Å². The number of benzene rings is 1. The summed E-state index contributed by atoms with van der Waals surface area (Å²) >= 11 is 6.13. The molecule has 7 heteroatoms. The van der Waals surface area contributed by atoms with Crippen molar-refractivity contribution < 1.29 is 13.2 Å². The van der Waals surface area contributed by atoms with Crippen molar-refractivity contribution in [1.29, 1.82) is 0 Å². The Labute approximate surface area is 125 Å². The molecule has 0 aliphatic carbocycles. The number of rotatable bonds is 5. The van der Waals surface area contributed by atoms with Gasteiger partial charge < -0.3 is 5.32 Å². The van der Waals surface area contributed by atoms with Crippen LogP contribution in [-0.2, 0) is 6.54 Å². The van der Waals surface area contributed by atoms with Crippen molar-refractivity contribution in [3.8, 4) is 0 Å². The molecule has 0 aliphatic rings. The van der Waals surface area contributed by atoms with E-state index in [4.69, 9.17) is 11.6 Å².